The standard InChI is InChI=1S/C16H18BrNO2/c1-12(2)16(19)13-6-7-18(11-13)8-9-20-15-5-3-4-14(17)10-15/h3-7,10-12H,8-9H2,1-2H3. The smallest absolute Gasteiger partial charge is 0.166 e. The molecule has 1 aromatic heterocycles. The zero-order chi connectivity index (χ0) is 14.5. The molecule has 4 heteroatoms. The SMILES string of the molecule is CC(C)C(=O)c1ccn(CCOc2cccc(Br)c2)c1. The Hall–Kier alpha value is -1.55. The minimum Gasteiger partial charge on any atom is -0.492 e. The van der Waals surface area contributed by atoms with Gasteiger partial charge in [0.2, 0.25) is 0 Å². The van der Waals surface area contributed by atoms with Crippen LogP contribution in [-0.2, 0) is 6.54 Å². The lowest BCUT2D eigenvalue weighted by atomic mass is 10.0. The Balaban J connectivity index is 1.87. The van der Waals surface area contributed by atoms with Gasteiger partial charge in [-0.1, -0.05) is 35.8 Å². The van der Waals surface area contributed by atoms with Gasteiger partial charge in [-0.25, -0.2) is 0 Å². The molecule has 0 radical (unpaired) electrons. The third kappa shape index (κ3) is 3.97. The van der Waals surface area contributed by atoms with E-state index in [1.165, 1.54) is 0 Å². The molecule has 0 amide bonds. The first kappa shape index (κ1) is 14.9. The van der Waals surface area contributed by atoms with E-state index in [1.807, 2.05) is 61.1 Å². The first-order chi connectivity index (χ1) is 9.56. The number of carbonyl (C=O) groups excluding carboxylic acids is 1. The predicted octanol–water partition coefficient (Wildman–Crippen LogP) is 4.17. The monoisotopic (exact) mass is 335 g/mol. The van der Waals surface area contributed by atoms with Crippen LogP contribution in [-0.4, -0.2) is 17.0 Å². The van der Waals surface area contributed by atoms with E-state index >= 15 is 0 Å². The van der Waals surface area contributed by atoms with Crippen LogP contribution < -0.4 is 4.74 Å². The number of Topliss-reactive ketones (excluding diaryl/α,β-unsaturated/α-hetero) is 1. The van der Waals surface area contributed by atoms with Crippen molar-refractivity contribution in [3.05, 3.63) is 52.8 Å². The van der Waals surface area contributed by atoms with Gasteiger partial charge < -0.3 is 9.30 Å². The molecule has 106 valence electrons. The van der Waals surface area contributed by atoms with Crippen LogP contribution >= 0.6 is 15.9 Å². The number of rotatable bonds is 6. The molecule has 0 saturated carbocycles. The topological polar surface area (TPSA) is 31.2 Å². The second kappa shape index (κ2) is 6.75. The average molecular weight is 336 g/mol. The molecule has 0 atom stereocenters. The second-order valence-electron chi connectivity index (χ2n) is 4.96. The van der Waals surface area contributed by atoms with Gasteiger partial charge >= 0.3 is 0 Å². The van der Waals surface area contributed by atoms with Gasteiger partial charge in [0, 0.05) is 28.3 Å². The van der Waals surface area contributed by atoms with Crippen LogP contribution in [0.4, 0.5) is 0 Å². The van der Waals surface area contributed by atoms with E-state index in [-0.39, 0.29) is 11.7 Å². The van der Waals surface area contributed by atoms with E-state index < -0.39 is 0 Å². The number of aromatic nitrogens is 1. The van der Waals surface area contributed by atoms with Crippen LogP contribution in [0.5, 0.6) is 5.75 Å². The summed E-state index contributed by atoms with van der Waals surface area (Å²) >= 11 is 3.41. The summed E-state index contributed by atoms with van der Waals surface area (Å²) in [5.41, 5.74) is 0.766. The third-order valence-corrected chi connectivity index (χ3v) is 3.47. The van der Waals surface area contributed by atoms with Crippen molar-refractivity contribution >= 4 is 21.7 Å². The molecule has 0 aliphatic rings. The molecule has 0 aliphatic heterocycles. The fourth-order valence-electron chi connectivity index (χ4n) is 1.88. The summed E-state index contributed by atoms with van der Waals surface area (Å²) in [6.07, 6.45) is 3.80. The number of ether oxygens (including phenoxy) is 1. The summed E-state index contributed by atoms with van der Waals surface area (Å²) in [5, 5.41) is 0. The van der Waals surface area contributed by atoms with Gasteiger partial charge in [-0.05, 0) is 24.3 Å². The van der Waals surface area contributed by atoms with Gasteiger partial charge in [-0.2, -0.15) is 0 Å². The lowest BCUT2D eigenvalue weighted by molar-refractivity contribution is 0.0939. The molecule has 0 N–H and O–H groups in total. The van der Waals surface area contributed by atoms with Crippen LogP contribution in [0.25, 0.3) is 0 Å². The van der Waals surface area contributed by atoms with E-state index in [4.69, 9.17) is 4.74 Å². The van der Waals surface area contributed by atoms with Crippen molar-refractivity contribution in [2.24, 2.45) is 5.92 Å². The second-order valence-corrected chi connectivity index (χ2v) is 5.88. The van der Waals surface area contributed by atoms with Crippen molar-refractivity contribution in [2.45, 2.75) is 20.4 Å². The number of hydrogen-bond acceptors (Lipinski definition) is 2. The van der Waals surface area contributed by atoms with Gasteiger partial charge in [0.1, 0.15) is 12.4 Å². The molecule has 3 nitrogen and oxygen atoms in total. The molecular formula is C16H18BrNO2. The summed E-state index contributed by atoms with van der Waals surface area (Å²) in [5.74, 6) is 1.05. The van der Waals surface area contributed by atoms with Crippen molar-refractivity contribution in [3.63, 3.8) is 0 Å². The zero-order valence-electron chi connectivity index (χ0n) is 11.7. The number of ketones is 1. The number of nitrogens with zero attached hydrogens (tertiary/aromatic N) is 1. The lowest BCUT2D eigenvalue weighted by Gasteiger charge is -2.07. The highest BCUT2D eigenvalue weighted by atomic mass is 79.9. The highest BCUT2D eigenvalue weighted by Gasteiger charge is 2.11. The van der Waals surface area contributed by atoms with E-state index in [2.05, 4.69) is 15.9 Å². The van der Waals surface area contributed by atoms with Crippen LogP contribution in [0.2, 0.25) is 0 Å². The summed E-state index contributed by atoms with van der Waals surface area (Å²) in [6, 6.07) is 9.62. The molecule has 0 unspecified atom stereocenters. The largest absolute Gasteiger partial charge is 0.492 e. The Bertz CT molecular complexity index is 590. The predicted molar refractivity (Wildman–Crippen MR) is 83.2 cm³/mol. The highest BCUT2D eigenvalue weighted by molar-refractivity contribution is 9.10. The number of benzene rings is 1. The van der Waals surface area contributed by atoms with Crippen molar-refractivity contribution in [2.75, 3.05) is 6.61 Å². The molecule has 20 heavy (non-hydrogen) atoms. The fraction of sp³-hybridized carbons (Fsp3) is 0.312. The number of halogens is 1. The Morgan fingerprint density at radius 2 is 2.15 bits per heavy atom. The molecule has 0 bridgehead atoms. The first-order valence-corrected chi connectivity index (χ1v) is 7.44. The van der Waals surface area contributed by atoms with Crippen LogP contribution in [0.15, 0.2) is 47.2 Å². The van der Waals surface area contributed by atoms with Crippen LogP contribution in [0.3, 0.4) is 0 Å². The van der Waals surface area contributed by atoms with E-state index in [0.29, 0.717) is 6.61 Å². The van der Waals surface area contributed by atoms with Gasteiger partial charge in [0.25, 0.3) is 0 Å². The molecule has 1 heterocycles. The number of hydrogen-bond donors (Lipinski definition) is 0. The molecule has 0 spiro atoms. The van der Waals surface area contributed by atoms with Crippen molar-refractivity contribution < 1.29 is 9.53 Å². The molecule has 0 aliphatic carbocycles. The van der Waals surface area contributed by atoms with Crippen molar-refractivity contribution in [1.29, 1.82) is 0 Å². The average Bonchev–Trinajstić information content (AvgIpc) is 2.86. The van der Waals surface area contributed by atoms with Gasteiger partial charge in [-0.3, -0.25) is 4.79 Å². The Labute approximate surface area is 127 Å². The van der Waals surface area contributed by atoms with Crippen LogP contribution in [0, 0.1) is 5.92 Å². The van der Waals surface area contributed by atoms with Crippen molar-refractivity contribution in [3.8, 4) is 5.75 Å². The number of carbonyl (C=O) groups is 1. The normalized spacial score (nSPS) is 10.8. The molecule has 2 aromatic rings. The maximum Gasteiger partial charge on any atom is 0.166 e. The highest BCUT2D eigenvalue weighted by Crippen LogP contribution is 2.17. The Morgan fingerprint density at radius 3 is 2.85 bits per heavy atom. The van der Waals surface area contributed by atoms with E-state index in [9.17, 15) is 4.79 Å². The summed E-state index contributed by atoms with van der Waals surface area (Å²) in [4.78, 5) is 11.8. The first-order valence-electron chi connectivity index (χ1n) is 6.64. The van der Waals surface area contributed by atoms with Crippen LogP contribution in [0.1, 0.15) is 24.2 Å². The summed E-state index contributed by atoms with van der Waals surface area (Å²) < 4.78 is 8.65. The molecule has 0 saturated heterocycles. The molecule has 1 aromatic carbocycles. The van der Waals surface area contributed by atoms with Crippen molar-refractivity contribution in [1.82, 2.24) is 4.57 Å². The van der Waals surface area contributed by atoms with E-state index in [0.717, 1.165) is 22.3 Å². The van der Waals surface area contributed by atoms with E-state index in [1.54, 1.807) is 0 Å². The molecule has 0 fully saturated rings. The van der Waals surface area contributed by atoms with Gasteiger partial charge in [0.15, 0.2) is 5.78 Å². The Morgan fingerprint density at radius 1 is 1.35 bits per heavy atom. The molecule has 2 rings (SSSR count). The Kier molecular flexibility index (Phi) is 5.01. The molecular weight excluding hydrogens is 318 g/mol. The zero-order valence-corrected chi connectivity index (χ0v) is 13.3. The minimum absolute atomic E-state index is 0.0313. The fourth-order valence-corrected chi connectivity index (χ4v) is 2.26. The lowest BCUT2D eigenvalue weighted by Crippen LogP contribution is -2.08. The van der Waals surface area contributed by atoms with Gasteiger partial charge in [0.05, 0.1) is 6.54 Å². The maximum absolute atomic E-state index is 11.8. The summed E-state index contributed by atoms with van der Waals surface area (Å²) in [7, 11) is 0. The maximum atomic E-state index is 11.8. The third-order valence-electron chi connectivity index (χ3n) is 2.97. The minimum atomic E-state index is 0.0313. The summed E-state index contributed by atoms with van der Waals surface area (Å²) in [6.45, 7) is 5.12. The quantitative estimate of drug-likeness (QED) is 0.742. The van der Waals surface area contributed by atoms with Gasteiger partial charge in [-0.15, -0.1) is 0 Å².